The molecule has 84 valence electrons. The van der Waals surface area contributed by atoms with Crippen molar-refractivity contribution in [1.82, 2.24) is 4.98 Å². The summed E-state index contributed by atoms with van der Waals surface area (Å²) in [5.74, 6) is 0. The zero-order chi connectivity index (χ0) is 12.3. The van der Waals surface area contributed by atoms with Crippen LogP contribution in [0.1, 0.15) is 11.3 Å². The molecule has 1 heterocycles. The van der Waals surface area contributed by atoms with Gasteiger partial charge in [-0.15, -0.1) is 0 Å². The molecule has 0 saturated carbocycles. The van der Waals surface area contributed by atoms with Crippen LogP contribution in [-0.2, 0) is 0 Å². The molecule has 0 unspecified atom stereocenters. The minimum atomic E-state index is 0.394. The molecule has 1 aromatic heterocycles. The SMILES string of the molecule is Cc1ccc(Nc2ccc(C#N)nc2)c(Cl)c1. The lowest BCUT2D eigenvalue weighted by atomic mass is 10.2. The maximum atomic E-state index is 8.64. The molecule has 0 aliphatic carbocycles. The van der Waals surface area contributed by atoms with Crippen molar-refractivity contribution in [2.75, 3.05) is 5.32 Å². The number of nitriles is 1. The highest BCUT2D eigenvalue weighted by Crippen LogP contribution is 2.25. The Bertz CT molecular complexity index is 570. The smallest absolute Gasteiger partial charge is 0.140 e. The predicted molar refractivity (Wildman–Crippen MR) is 68.4 cm³/mol. The van der Waals surface area contributed by atoms with Gasteiger partial charge in [0.15, 0.2) is 0 Å². The first-order valence-electron chi connectivity index (χ1n) is 5.08. The van der Waals surface area contributed by atoms with Crippen molar-refractivity contribution in [2.45, 2.75) is 6.92 Å². The predicted octanol–water partition coefficient (Wildman–Crippen LogP) is 3.66. The Hall–Kier alpha value is -2.05. The van der Waals surface area contributed by atoms with Crippen LogP contribution >= 0.6 is 11.6 Å². The molecule has 0 fully saturated rings. The molecule has 1 N–H and O–H groups in total. The van der Waals surface area contributed by atoms with Crippen LogP contribution in [0.3, 0.4) is 0 Å². The Morgan fingerprint density at radius 1 is 1.29 bits per heavy atom. The lowest BCUT2D eigenvalue weighted by Crippen LogP contribution is -1.93. The van der Waals surface area contributed by atoms with E-state index in [0.717, 1.165) is 16.9 Å². The summed E-state index contributed by atoms with van der Waals surface area (Å²) < 4.78 is 0. The van der Waals surface area contributed by atoms with Crippen molar-refractivity contribution >= 4 is 23.0 Å². The molecule has 0 saturated heterocycles. The summed E-state index contributed by atoms with van der Waals surface area (Å²) in [6.45, 7) is 1.99. The molecular formula is C13H10ClN3. The first-order chi connectivity index (χ1) is 8.19. The molecule has 2 rings (SSSR count). The largest absolute Gasteiger partial charge is 0.353 e. The summed E-state index contributed by atoms with van der Waals surface area (Å²) in [5, 5.41) is 12.4. The number of pyridine rings is 1. The number of aromatic nitrogens is 1. The molecule has 2 aromatic rings. The third-order valence-corrected chi connectivity index (χ3v) is 2.59. The second-order valence-corrected chi connectivity index (χ2v) is 4.06. The number of anilines is 2. The van der Waals surface area contributed by atoms with Crippen LogP contribution in [0.5, 0.6) is 0 Å². The van der Waals surface area contributed by atoms with Gasteiger partial charge in [-0.2, -0.15) is 5.26 Å². The Balaban J connectivity index is 2.23. The van der Waals surface area contributed by atoms with Crippen LogP contribution in [0.2, 0.25) is 5.02 Å². The van der Waals surface area contributed by atoms with Crippen molar-refractivity contribution in [3.63, 3.8) is 0 Å². The van der Waals surface area contributed by atoms with Gasteiger partial charge >= 0.3 is 0 Å². The van der Waals surface area contributed by atoms with E-state index in [9.17, 15) is 0 Å². The van der Waals surface area contributed by atoms with Gasteiger partial charge in [0.2, 0.25) is 0 Å². The molecule has 1 aromatic carbocycles. The maximum Gasteiger partial charge on any atom is 0.140 e. The second kappa shape index (κ2) is 4.86. The van der Waals surface area contributed by atoms with E-state index in [0.29, 0.717) is 10.7 Å². The molecule has 3 nitrogen and oxygen atoms in total. The van der Waals surface area contributed by atoms with Gasteiger partial charge in [-0.3, -0.25) is 0 Å². The first kappa shape index (κ1) is 11.4. The van der Waals surface area contributed by atoms with Crippen LogP contribution in [0, 0.1) is 18.3 Å². The topological polar surface area (TPSA) is 48.7 Å². The highest BCUT2D eigenvalue weighted by atomic mass is 35.5. The number of nitrogens with zero attached hydrogens (tertiary/aromatic N) is 2. The minimum Gasteiger partial charge on any atom is -0.353 e. The van der Waals surface area contributed by atoms with Crippen LogP contribution in [0.15, 0.2) is 36.5 Å². The molecule has 0 amide bonds. The van der Waals surface area contributed by atoms with E-state index in [1.54, 1.807) is 18.3 Å². The first-order valence-corrected chi connectivity index (χ1v) is 5.46. The lowest BCUT2D eigenvalue weighted by Gasteiger charge is -2.08. The fourth-order valence-electron chi connectivity index (χ4n) is 1.41. The summed E-state index contributed by atoms with van der Waals surface area (Å²) in [7, 11) is 0. The molecular weight excluding hydrogens is 234 g/mol. The fourth-order valence-corrected chi connectivity index (χ4v) is 1.69. The van der Waals surface area contributed by atoms with E-state index in [-0.39, 0.29) is 0 Å². The van der Waals surface area contributed by atoms with E-state index in [4.69, 9.17) is 16.9 Å². The minimum absolute atomic E-state index is 0.394. The Morgan fingerprint density at radius 2 is 2.12 bits per heavy atom. The van der Waals surface area contributed by atoms with Gasteiger partial charge in [0.1, 0.15) is 11.8 Å². The monoisotopic (exact) mass is 243 g/mol. The zero-order valence-corrected chi connectivity index (χ0v) is 9.99. The summed E-state index contributed by atoms with van der Waals surface area (Å²) in [4.78, 5) is 3.97. The summed E-state index contributed by atoms with van der Waals surface area (Å²) in [6, 6.07) is 11.2. The standard InChI is InChI=1S/C13H10ClN3/c1-9-2-5-13(12(14)6-9)17-11-4-3-10(7-15)16-8-11/h2-6,8,17H,1H3. The average Bonchev–Trinajstić information content (AvgIpc) is 2.34. The van der Waals surface area contributed by atoms with Gasteiger partial charge in [0.25, 0.3) is 0 Å². The van der Waals surface area contributed by atoms with Crippen molar-refractivity contribution < 1.29 is 0 Å². The third-order valence-electron chi connectivity index (χ3n) is 2.28. The number of rotatable bonds is 2. The van der Waals surface area contributed by atoms with Crippen LogP contribution in [0.25, 0.3) is 0 Å². The van der Waals surface area contributed by atoms with E-state index in [1.165, 1.54) is 0 Å². The number of aryl methyl sites for hydroxylation is 1. The maximum absolute atomic E-state index is 8.64. The summed E-state index contributed by atoms with van der Waals surface area (Å²) in [6.07, 6.45) is 1.61. The second-order valence-electron chi connectivity index (χ2n) is 3.65. The lowest BCUT2D eigenvalue weighted by molar-refractivity contribution is 1.26. The van der Waals surface area contributed by atoms with Gasteiger partial charge in [0.05, 0.1) is 22.6 Å². The van der Waals surface area contributed by atoms with Crippen LogP contribution in [0.4, 0.5) is 11.4 Å². The summed E-state index contributed by atoms with van der Waals surface area (Å²) in [5.41, 5.74) is 3.13. The van der Waals surface area contributed by atoms with E-state index in [2.05, 4.69) is 10.3 Å². The molecule has 0 bridgehead atoms. The fraction of sp³-hybridized carbons (Fsp3) is 0.0769. The average molecular weight is 244 g/mol. The van der Waals surface area contributed by atoms with Gasteiger partial charge in [0, 0.05) is 0 Å². The number of nitrogens with one attached hydrogen (secondary N) is 1. The highest BCUT2D eigenvalue weighted by molar-refractivity contribution is 6.33. The molecule has 0 aliphatic heterocycles. The van der Waals surface area contributed by atoms with Crippen molar-refractivity contribution in [3.05, 3.63) is 52.8 Å². The van der Waals surface area contributed by atoms with E-state index < -0.39 is 0 Å². The van der Waals surface area contributed by atoms with E-state index in [1.807, 2.05) is 31.2 Å². The van der Waals surface area contributed by atoms with Crippen molar-refractivity contribution in [1.29, 1.82) is 5.26 Å². The molecule has 4 heteroatoms. The third kappa shape index (κ3) is 2.74. The molecule has 17 heavy (non-hydrogen) atoms. The normalized spacial score (nSPS) is 9.71. The molecule has 0 spiro atoms. The molecule has 0 aliphatic rings. The van der Waals surface area contributed by atoms with Gasteiger partial charge in [-0.1, -0.05) is 17.7 Å². The molecule has 0 radical (unpaired) electrons. The van der Waals surface area contributed by atoms with Crippen LogP contribution in [-0.4, -0.2) is 4.98 Å². The van der Waals surface area contributed by atoms with Crippen molar-refractivity contribution in [3.8, 4) is 6.07 Å². The number of hydrogen-bond acceptors (Lipinski definition) is 3. The van der Waals surface area contributed by atoms with Gasteiger partial charge < -0.3 is 5.32 Å². The van der Waals surface area contributed by atoms with Gasteiger partial charge in [-0.25, -0.2) is 4.98 Å². The molecule has 0 atom stereocenters. The Morgan fingerprint density at radius 3 is 2.71 bits per heavy atom. The Kier molecular flexibility index (Phi) is 3.27. The summed E-state index contributed by atoms with van der Waals surface area (Å²) >= 11 is 6.10. The number of hydrogen-bond donors (Lipinski definition) is 1. The van der Waals surface area contributed by atoms with Crippen molar-refractivity contribution in [2.24, 2.45) is 0 Å². The Labute approximate surface area is 105 Å². The van der Waals surface area contributed by atoms with E-state index >= 15 is 0 Å². The zero-order valence-electron chi connectivity index (χ0n) is 9.24. The number of halogens is 1. The highest BCUT2D eigenvalue weighted by Gasteiger charge is 2.01. The van der Waals surface area contributed by atoms with Crippen LogP contribution < -0.4 is 5.32 Å². The quantitative estimate of drug-likeness (QED) is 0.876. The number of benzene rings is 1. The van der Waals surface area contributed by atoms with Gasteiger partial charge in [-0.05, 0) is 36.8 Å².